The number of nitriles is 1. The zero-order valence-corrected chi connectivity index (χ0v) is 10.1. The third-order valence-electron chi connectivity index (χ3n) is 2.54. The lowest BCUT2D eigenvalue weighted by molar-refractivity contribution is -0.141. The maximum Gasteiger partial charge on any atom is 0.308 e. The molecule has 1 aromatic rings. The number of hydrogen-bond acceptors (Lipinski definition) is 4. The van der Waals surface area contributed by atoms with Crippen LogP contribution >= 0.6 is 15.9 Å². The Kier molecular flexibility index (Phi) is 2.85. The summed E-state index contributed by atoms with van der Waals surface area (Å²) in [6, 6.07) is 1.90. The largest absolute Gasteiger partial charge is 0.481 e. The number of rotatable bonds is 2. The van der Waals surface area contributed by atoms with E-state index in [0.717, 1.165) is 0 Å². The van der Waals surface area contributed by atoms with Crippen LogP contribution in [-0.4, -0.2) is 33.7 Å². The van der Waals surface area contributed by atoms with Gasteiger partial charge in [0.25, 0.3) is 0 Å². The Morgan fingerprint density at radius 2 is 2.41 bits per heavy atom. The standard InChI is InChI=1S/C9H7BrN4O3/c10-7-5(2-11)8(13-12-7)14-3-4(9(16)17)1-6(14)15/h4H,1,3H2,(H,12,13)(H,16,17). The molecule has 1 aliphatic heterocycles. The second kappa shape index (κ2) is 4.18. The van der Waals surface area contributed by atoms with E-state index in [9.17, 15) is 9.59 Å². The van der Waals surface area contributed by atoms with Crippen molar-refractivity contribution in [3.63, 3.8) is 0 Å². The molecule has 0 bridgehead atoms. The first-order chi connectivity index (χ1) is 8.04. The van der Waals surface area contributed by atoms with Crippen LogP contribution < -0.4 is 4.90 Å². The van der Waals surface area contributed by atoms with Gasteiger partial charge < -0.3 is 5.11 Å². The van der Waals surface area contributed by atoms with Gasteiger partial charge in [0.05, 0.1) is 5.92 Å². The number of aromatic amines is 1. The molecule has 7 nitrogen and oxygen atoms in total. The minimum atomic E-state index is -1.02. The number of H-pyrrole nitrogens is 1. The van der Waals surface area contributed by atoms with E-state index in [0.29, 0.717) is 4.60 Å². The van der Waals surface area contributed by atoms with Gasteiger partial charge in [-0.05, 0) is 15.9 Å². The van der Waals surface area contributed by atoms with Crippen molar-refractivity contribution in [2.75, 3.05) is 11.4 Å². The van der Waals surface area contributed by atoms with E-state index >= 15 is 0 Å². The quantitative estimate of drug-likeness (QED) is 0.825. The van der Waals surface area contributed by atoms with Crippen molar-refractivity contribution in [2.24, 2.45) is 5.92 Å². The van der Waals surface area contributed by atoms with Crippen molar-refractivity contribution in [2.45, 2.75) is 6.42 Å². The van der Waals surface area contributed by atoms with Crippen LogP contribution in [0, 0.1) is 17.2 Å². The monoisotopic (exact) mass is 298 g/mol. The van der Waals surface area contributed by atoms with Crippen LogP contribution in [0.15, 0.2) is 4.60 Å². The van der Waals surface area contributed by atoms with E-state index in [2.05, 4.69) is 26.1 Å². The highest BCUT2D eigenvalue weighted by molar-refractivity contribution is 9.10. The molecule has 1 amide bonds. The summed E-state index contributed by atoms with van der Waals surface area (Å²) in [5, 5.41) is 24.1. The number of hydrogen-bond donors (Lipinski definition) is 2. The molecule has 88 valence electrons. The molecule has 0 aliphatic carbocycles. The number of nitrogens with one attached hydrogen (secondary N) is 1. The van der Waals surface area contributed by atoms with Gasteiger partial charge in [-0.1, -0.05) is 0 Å². The SMILES string of the molecule is N#Cc1c(N2CC(C(=O)O)CC2=O)n[nH]c1Br. The molecule has 1 fully saturated rings. The molecular weight excluding hydrogens is 292 g/mol. The Bertz CT molecular complexity index is 533. The molecule has 0 spiro atoms. The van der Waals surface area contributed by atoms with Gasteiger partial charge in [0.15, 0.2) is 5.82 Å². The Balaban J connectivity index is 2.33. The fraction of sp³-hybridized carbons (Fsp3) is 0.333. The summed E-state index contributed by atoms with van der Waals surface area (Å²) in [5.74, 6) is -1.93. The van der Waals surface area contributed by atoms with E-state index < -0.39 is 11.9 Å². The molecule has 8 heteroatoms. The van der Waals surface area contributed by atoms with Crippen molar-refractivity contribution < 1.29 is 14.7 Å². The Hall–Kier alpha value is -1.88. The molecule has 1 aromatic heterocycles. The molecule has 1 saturated heterocycles. The van der Waals surface area contributed by atoms with Crippen LogP contribution in [0.4, 0.5) is 5.82 Å². The highest BCUT2D eigenvalue weighted by atomic mass is 79.9. The summed E-state index contributed by atoms with van der Waals surface area (Å²) in [6.45, 7) is 0.0418. The topological polar surface area (TPSA) is 110 Å². The van der Waals surface area contributed by atoms with Gasteiger partial charge in [0.2, 0.25) is 5.91 Å². The van der Waals surface area contributed by atoms with Gasteiger partial charge in [-0.15, -0.1) is 0 Å². The van der Waals surface area contributed by atoms with E-state index in [4.69, 9.17) is 10.4 Å². The summed E-state index contributed by atoms with van der Waals surface area (Å²) in [6.07, 6.45) is -0.0648. The second-order valence-electron chi connectivity index (χ2n) is 3.59. The lowest BCUT2D eigenvalue weighted by Gasteiger charge is -2.12. The van der Waals surface area contributed by atoms with Crippen LogP contribution in [0.3, 0.4) is 0 Å². The number of halogens is 1. The fourth-order valence-electron chi connectivity index (χ4n) is 1.68. The van der Waals surface area contributed by atoms with E-state index in [-0.39, 0.29) is 30.3 Å². The molecule has 1 unspecified atom stereocenters. The van der Waals surface area contributed by atoms with Gasteiger partial charge in [-0.25, -0.2) is 0 Å². The summed E-state index contributed by atoms with van der Waals surface area (Å²) in [4.78, 5) is 23.7. The molecular formula is C9H7BrN4O3. The van der Waals surface area contributed by atoms with Crippen LogP contribution in [0.25, 0.3) is 0 Å². The summed E-state index contributed by atoms with van der Waals surface area (Å²) in [7, 11) is 0. The zero-order valence-electron chi connectivity index (χ0n) is 8.47. The average molecular weight is 299 g/mol. The van der Waals surface area contributed by atoms with Crippen LogP contribution in [0.5, 0.6) is 0 Å². The maximum atomic E-state index is 11.7. The minimum absolute atomic E-state index is 0.0418. The molecule has 1 aliphatic rings. The summed E-state index contributed by atoms with van der Waals surface area (Å²) >= 11 is 3.09. The first kappa shape index (κ1) is 11.6. The van der Waals surface area contributed by atoms with Crippen molar-refractivity contribution >= 4 is 33.6 Å². The molecule has 17 heavy (non-hydrogen) atoms. The van der Waals surface area contributed by atoms with E-state index in [1.165, 1.54) is 4.90 Å². The number of aromatic nitrogens is 2. The van der Waals surface area contributed by atoms with Gasteiger partial charge in [0.1, 0.15) is 16.2 Å². The van der Waals surface area contributed by atoms with Crippen molar-refractivity contribution in [1.29, 1.82) is 5.26 Å². The van der Waals surface area contributed by atoms with Crippen LogP contribution in [0.2, 0.25) is 0 Å². The highest BCUT2D eigenvalue weighted by Crippen LogP contribution is 2.29. The first-order valence-corrected chi connectivity index (χ1v) is 5.51. The molecule has 2 heterocycles. The first-order valence-electron chi connectivity index (χ1n) is 4.71. The van der Waals surface area contributed by atoms with Crippen molar-refractivity contribution in [3.8, 4) is 6.07 Å². The van der Waals surface area contributed by atoms with Crippen molar-refractivity contribution in [1.82, 2.24) is 10.2 Å². The predicted octanol–water partition coefficient (Wildman–Crippen LogP) is 0.481. The number of carbonyl (C=O) groups excluding carboxylic acids is 1. The molecule has 2 N–H and O–H groups in total. The van der Waals surface area contributed by atoms with Gasteiger partial charge in [0, 0.05) is 13.0 Å². The van der Waals surface area contributed by atoms with E-state index in [1.54, 1.807) is 0 Å². The number of carbonyl (C=O) groups is 2. The predicted molar refractivity (Wildman–Crippen MR) is 59.1 cm³/mol. The molecule has 0 radical (unpaired) electrons. The molecule has 1 atom stereocenters. The second-order valence-corrected chi connectivity index (χ2v) is 4.38. The Labute approximate surface area is 104 Å². The zero-order chi connectivity index (χ0) is 12.6. The lowest BCUT2D eigenvalue weighted by Crippen LogP contribution is -2.26. The molecule has 0 aromatic carbocycles. The number of aliphatic carboxylic acids is 1. The molecule has 0 saturated carbocycles. The lowest BCUT2D eigenvalue weighted by atomic mass is 10.1. The van der Waals surface area contributed by atoms with Gasteiger partial charge >= 0.3 is 5.97 Å². The normalized spacial score (nSPS) is 19.4. The fourth-order valence-corrected chi connectivity index (χ4v) is 2.04. The number of carboxylic acids is 1. The minimum Gasteiger partial charge on any atom is -0.481 e. The molecule has 2 rings (SSSR count). The third kappa shape index (κ3) is 1.89. The summed E-state index contributed by atoms with van der Waals surface area (Å²) < 4.78 is 0.376. The Morgan fingerprint density at radius 3 is 2.94 bits per heavy atom. The van der Waals surface area contributed by atoms with Crippen molar-refractivity contribution in [3.05, 3.63) is 10.2 Å². The van der Waals surface area contributed by atoms with E-state index in [1.807, 2.05) is 6.07 Å². The number of anilines is 1. The number of carboxylic acid groups (broad SMARTS) is 1. The maximum absolute atomic E-state index is 11.7. The number of nitrogens with zero attached hydrogens (tertiary/aromatic N) is 3. The van der Waals surface area contributed by atoms with Crippen LogP contribution in [-0.2, 0) is 9.59 Å². The average Bonchev–Trinajstić information content (AvgIpc) is 2.81. The third-order valence-corrected chi connectivity index (χ3v) is 3.12. The van der Waals surface area contributed by atoms with Gasteiger partial charge in [-0.3, -0.25) is 19.6 Å². The number of amides is 1. The van der Waals surface area contributed by atoms with Crippen LogP contribution in [0.1, 0.15) is 12.0 Å². The Morgan fingerprint density at radius 1 is 1.71 bits per heavy atom. The summed E-state index contributed by atoms with van der Waals surface area (Å²) in [5.41, 5.74) is 0.199. The smallest absolute Gasteiger partial charge is 0.308 e. The highest BCUT2D eigenvalue weighted by Gasteiger charge is 2.37. The van der Waals surface area contributed by atoms with Gasteiger partial charge in [-0.2, -0.15) is 10.4 Å².